The van der Waals surface area contributed by atoms with E-state index in [2.05, 4.69) is 0 Å². The first kappa shape index (κ1) is 22.7. The van der Waals surface area contributed by atoms with Crippen molar-refractivity contribution in [1.29, 1.82) is 0 Å². The average Bonchev–Trinajstić information content (AvgIpc) is 3.04. The third-order valence-electron chi connectivity index (χ3n) is 6.40. The first-order chi connectivity index (χ1) is 15.3. The van der Waals surface area contributed by atoms with Crippen LogP contribution in [-0.2, 0) is 9.59 Å². The number of aryl methyl sites for hydroxylation is 1. The molecule has 2 aromatic rings. The molecule has 4 rings (SSSR count). The molecule has 2 fully saturated rings. The van der Waals surface area contributed by atoms with Crippen molar-refractivity contribution >= 4 is 40.7 Å². The quantitative estimate of drug-likeness (QED) is 0.332. The van der Waals surface area contributed by atoms with Crippen molar-refractivity contribution in [2.24, 2.45) is 0 Å². The highest BCUT2D eigenvalue weighted by molar-refractivity contribution is 6.47. The van der Waals surface area contributed by atoms with Gasteiger partial charge < -0.3 is 14.7 Å². The molecule has 0 spiro atoms. The summed E-state index contributed by atoms with van der Waals surface area (Å²) in [6.45, 7) is 1.94. The zero-order chi connectivity index (χ0) is 23.0. The summed E-state index contributed by atoms with van der Waals surface area (Å²) < 4.78 is 5.39. The molecule has 2 aliphatic rings. The highest BCUT2D eigenvalue weighted by Gasteiger charge is 2.49. The standard InChI is InChI=1S/C25H25Cl2NO4/c1-14-8-6-7-11-17(14)21-20(22(29)18-12-15(26)13-19(27)24(18)32-2)23(30)25(31)28(21)16-9-4-3-5-10-16/h6-8,11-13,16,21,29H,3-5,9-10H2,1-2H3/b22-20+. The van der Waals surface area contributed by atoms with Gasteiger partial charge in [-0.15, -0.1) is 0 Å². The molecule has 168 valence electrons. The van der Waals surface area contributed by atoms with E-state index in [4.69, 9.17) is 27.9 Å². The first-order valence-corrected chi connectivity index (χ1v) is 11.5. The fourth-order valence-corrected chi connectivity index (χ4v) is 5.44. The van der Waals surface area contributed by atoms with Gasteiger partial charge in [-0.05, 0) is 43.0 Å². The minimum absolute atomic E-state index is 0.0338. The van der Waals surface area contributed by atoms with E-state index in [0.717, 1.165) is 43.2 Å². The molecule has 1 unspecified atom stereocenters. The molecule has 1 atom stereocenters. The third-order valence-corrected chi connectivity index (χ3v) is 6.90. The summed E-state index contributed by atoms with van der Waals surface area (Å²) in [6, 6.07) is 9.86. The maximum Gasteiger partial charge on any atom is 0.295 e. The lowest BCUT2D eigenvalue weighted by molar-refractivity contribution is -0.141. The molecule has 1 aliphatic carbocycles. The van der Waals surface area contributed by atoms with Gasteiger partial charge in [0.2, 0.25) is 0 Å². The van der Waals surface area contributed by atoms with E-state index in [9.17, 15) is 14.7 Å². The van der Waals surface area contributed by atoms with Crippen LogP contribution < -0.4 is 4.74 Å². The number of aliphatic hydroxyl groups excluding tert-OH is 1. The fraction of sp³-hybridized carbons (Fsp3) is 0.360. The molecule has 1 saturated carbocycles. The van der Waals surface area contributed by atoms with Crippen molar-refractivity contribution < 1.29 is 19.4 Å². The molecule has 1 saturated heterocycles. The van der Waals surface area contributed by atoms with Crippen LogP contribution in [0.4, 0.5) is 0 Å². The molecular weight excluding hydrogens is 449 g/mol. The Balaban J connectivity index is 1.96. The van der Waals surface area contributed by atoms with Gasteiger partial charge in [0.15, 0.2) is 0 Å². The zero-order valence-corrected chi connectivity index (χ0v) is 19.5. The van der Waals surface area contributed by atoms with Gasteiger partial charge in [-0.25, -0.2) is 0 Å². The number of amides is 1. The Hall–Kier alpha value is -2.50. The molecule has 2 aromatic carbocycles. The van der Waals surface area contributed by atoms with Gasteiger partial charge >= 0.3 is 0 Å². The van der Waals surface area contributed by atoms with E-state index >= 15 is 0 Å². The summed E-state index contributed by atoms with van der Waals surface area (Å²) in [5, 5.41) is 11.9. The summed E-state index contributed by atoms with van der Waals surface area (Å²) in [5.41, 5.74) is 1.96. The molecule has 0 aromatic heterocycles. The number of ketones is 1. The second kappa shape index (κ2) is 9.16. The lowest BCUT2D eigenvalue weighted by Crippen LogP contribution is -2.40. The Bertz CT molecular complexity index is 1110. The molecular formula is C25H25Cl2NO4. The molecule has 0 bridgehead atoms. The summed E-state index contributed by atoms with van der Waals surface area (Å²) in [5.74, 6) is -1.43. The van der Waals surface area contributed by atoms with E-state index in [-0.39, 0.29) is 38.7 Å². The molecule has 1 N–H and O–H groups in total. The molecule has 32 heavy (non-hydrogen) atoms. The van der Waals surface area contributed by atoms with Crippen LogP contribution in [0.1, 0.15) is 54.8 Å². The number of hydrogen-bond donors (Lipinski definition) is 1. The van der Waals surface area contributed by atoms with Gasteiger partial charge in [0.25, 0.3) is 11.7 Å². The van der Waals surface area contributed by atoms with E-state index in [1.165, 1.54) is 19.2 Å². The number of ether oxygens (including phenoxy) is 1. The maximum atomic E-state index is 13.3. The predicted octanol–water partition coefficient (Wildman–Crippen LogP) is 6.06. The number of rotatable bonds is 4. The first-order valence-electron chi connectivity index (χ1n) is 10.7. The largest absolute Gasteiger partial charge is 0.507 e. The highest BCUT2D eigenvalue weighted by Crippen LogP contribution is 2.46. The topological polar surface area (TPSA) is 66.8 Å². The van der Waals surface area contributed by atoms with Crippen molar-refractivity contribution in [3.8, 4) is 5.75 Å². The minimum atomic E-state index is -0.709. The van der Waals surface area contributed by atoms with Gasteiger partial charge in [0, 0.05) is 11.1 Å². The zero-order valence-electron chi connectivity index (χ0n) is 18.0. The van der Waals surface area contributed by atoms with Crippen molar-refractivity contribution in [2.45, 2.75) is 51.1 Å². The maximum absolute atomic E-state index is 13.3. The van der Waals surface area contributed by atoms with Crippen LogP contribution in [-0.4, -0.2) is 34.8 Å². The van der Waals surface area contributed by atoms with Crippen LogP contribution in [0.25, 0.3) is 5.76 Å². The van der Waals surface area contributed by atoms with Crippen molar-refractivity contribution in [3.05, 3.63) is 68.7 Å². The van der Waals surface area contributed by atoms with E-state index in [1.54, 1.807) is 4.90 Å². The van der Waals surface area contributed by atoms with Gasteiger partial charge in [-0.1, -0.05) is 66.7 Å². The molecule has 7 heteroatoms. The number of carbonyl (C=O) groups is 2. The van der Waals surface area contributed by atoms with Crippen molar-refractivity contribution in [2.75, 3.05) is 7.11 Å². The Morgan fingerprint density at radius 1 is 1.09 bits per heavy atom. The number of nitrogens with zero attached hydrogens (tertiary/aromatic N) is 1. The normalized spacial score (nSPS) is 21.2. The predicted molar refractivity (Wildman–Crippen MR) is 125 cm³/mol. The number of halogens is 2. The summed E-state index contributed by atoms with van der Waals surface area (Å²) in [6.07, 6.45) is 4.80. The molecule has 1 aliphatic heterocycles. The number of carbonyl (C=O) groups excluding carboxylic acids is 2. The number of hydrogen-bond acceptors (Lipinski definition) is 4. The Kier molecular flexibility index (Phi) is 6.50. The summed E-state index contributed by atoms with van der Waals surface area (Å²) in [7, 11) is 1.42. The summed E-state index contributed by atoms with van der Waals surface area (Å²) in [4.78, 5) is 28.3. The van der Waals surface area contributed by atoms with Gasteiger partial charge in [0.05, 0.1) is 29.3 Å². The molecule has 5 nitrogen and oxygen atoms in total. The van der Waals surface area contributed by atoms with Crippen LogP contribution in [0.2, 0.25) is 10.0 Å². The Labute approximate surface area is 197 Å². The summed E-state index contributed by atoms with van der Waals surface area (Å²) >= 11 is 12.5. The Morgan fingerprint density at radius 3 is 2.44 bits per heavy atom. The average molecular weight is 474 g/mol. The Morgan fingerprint density at radius 2 is 1.78 bits per heavy atom. The number of benzene rings is 2. The van der Waals surface area contributed by atoms with Crippen molar-refractivity contribution in [3.63, 3.8) is 0 Å². The monoisotopic (exact) mass is 473 g/mol. The smallest absolute Gasteiger partial charge is 0.295 e. The van der Waals surface area contributed by atoms with Gasteiger partial charge in [0.1, 0.15) is 11.5 Å². The lowest BCUT2D eigenvalue weighted by atomic mass is 9.89. The van der Waals surface area contributed by atoms with Crippen LogP contribution in [0.3, 0.4) is 0 Å². The number of Topliss-reactive ketones (excluding diaryl/α,β-unsaturated/α-hetero) is 1. The SMILES string of the molecule is COc1c(Cl)cc(Cl)cc1/C(O)=C1\C(=O)C(=O)N(C2CCCCC2)C1c1ccccc1C. The van der Waals surface area contributed by atoms with Crippen LogP contribution in [0, 0.1) is 6.92 Å². The van der Waals surface area contributed by atoms with Gasteiger partial charge in [-0.3, -0.25) is 9.59 Å². The van der Waals surface area contributed by atoms with Crippen LogP contribution >= 0.6 is 23.2 Å². The minimum Gasteiger partial charge on any atom is -0.507 e. The van der Waals surface area contributed by atoms with Crippen LogP contribution in [0.5, 0.6) is 5.75 Å². The van der Waals surface area contributed by atoms with Crippen molar-refractivity contribution in [1.82, 2.24) is 4.90 Å². The van der Waals surface area contributed by atoms with E-state index < -0.39 is 17.7 Å². The molecule has 1 heterocycles. The number of likely N-dealkylation sites (tertiary alicyclic amines) is 1. The second-order valence-corrected chi connectivity index (χ2v) is 9.17. The van der Waals surface area contributed by atoms with E-state index in [1.807, 2.05) is 31.2 Å². The number of aliphatic hydroxyl groups is 1. The van der Waals surface area contributed by atoms with E-state index in [0.29, 0.717) is 0 Å². The number of methoxy groups -OCH3 is 1. The van der Waals surface area contributed by atoms with Gasteiger partial charge in [-0.2, -0.15) is 0 Å². The molecule has 1 amide bonds. The fourth-order valence-electron chi connectivity index (χ4n) is 4.87. The molecule has 0 radical (unpaired) electrons. The second-order valence-electron chi connectivity index (χ2n) is 8.32. The third kappa shape index (κ3) is 3.89. The highest BCUT2D eigenvalue weighted by atomic mass is 35.5. The van der Waals surface area contributed by atoms with Crippen LogP contribution in [0.15, 0.2) is 42.0 Å². The lowest BCUT2D eigenvalue weighted by Gasteiger charge is -2.36.